The molecule has 5 N–H and O–H groups in total. The number of nitrogens with one attached hydrogen (secondary N) is 2. The van der Waals surface area contributed by atoms with Crippen molar-refractivity contribution >= 4 is 54.2 Å². The number of ether oxygens (including phenoxy) is 1. The summed E-state index contributed by atoms with van der Waals surface area (Å²) in [6, 6.07) is 26.8. The molecule has 12 nitrogen and oxygen atoms in total. The predicted molar refractivity (Wildman–Crippen MR) is 193 cm³/mol. The minimum atomic E-state index is -4.02. The lowest BCUT2D eigenvalue weighted by atomic mass is 10.1. The lowest BCUT2D eigenvalue weighted by Crippen LogP contribution is -2.26. The third kappa shape index (κ3) is 11.0. The van der Waals surface area contributed by atoms with Gasteiger partial charge in [-0.3, -0.25) is 4.55 Å². The molecule has 0 unspecified atom stereocenters. The zero-order chi connectivity index (χ0) is 36.6. The Kier molecular flexibility index (Phi) is 12.0. The van der Waals surface area contributed by atoms with Gasteiger partial charge >= 0.3 is 0 Å². The monoisotopic (exact) mass is 753 g/mol. The zero-order valence-corrected chi connectivity index (χ0v) is 29.5. The number of aromatic nitrogens is 2. The molecule has 0 fully saturated rings. The summed E-state index contributed by atoms with van der Waals surface area (Å²) in [5.74, 6) is 1.86. The average molecular weight is 754 g/mol. The number of hydrogen-bond donors (Lipinski definition) is 4. The van der Waals surface area contributed by atoms with E-state index in [9.17, 15) is 21.2 Å². The van der Waals surface area contributed by atoms with Gasteiger partial charge in [0.1, 0.15) is 41.8 Å². The molecule has 0 atom stereocenters. The van der Waals surface area contributed by atoms with Crippen LogP contribution in [-0.2, 0) is 33.3 Å². The molecule has 0 radical (unpaired) electrons. The summed E-state index contributed by atoms with van der Waals surface area (Å²) in [7, 11) is -7.54. The van der Waals surface area contributed by atoms with E-state index in [4.69, 9.17) is 30.4 Å². The first-order valence-corrected chi connectivity index (χ1v) is 18.8. The lowest BCUT2D eigenvalue weighted by molar-refractivity contribution is 0.306. The molecular formula is C35H33ClFN5O7S2. The predicted octanol–water partition coefficient (Wildman–Crippen LogP) is 6.62. The molecule has 0 aliphatic heterocycles. The highest BCUT2D eigenvalue weighted by Crippen LogP contribution is 2.33. The molecule has 16 heteroatoms. The van der Waals surface area contributed by atoms with Crippen molar-refractivity contribution in [2.45, 2.75) is 25.0 Å². The van der Waals surface area contributed by atoms with E-state index in [-0.39, 0.29) is 29.6 Å². The van der Waals surface area contributed by atoms with Crippen LogP contribution < -0.4 is 20.5 Å². The van der Waals surface area contributed by atoms with Crippen LogP contribution in [0.15, 0.2) is 113 Å². The summed E-state index contributed by atoms with van der Waals surface area (Å²) in [6.07, 6.45) is 1.47. The fourth-order valence-corrected chi connectivity index (χ4v) is 5.84. The Morgan fingerprint density at radius 3 is 2.43 bits per heavy atom. The van der Waals surface area contributed by atoms with Crippen LogP contribution in [0.2, 0.25) is 5.02 Å². The lowest BCUT2D eigenvalue weighted by Gasteiger charge is -2.12. The molecule has 0 aliphatic rings. The van der Waals surface area contributed by atoms with Crippen LogP contribution >= 0.6 is 11.6 Å². The van der Waals surface area contributed by atoms with Crippen LogP contribution in [-0.4, -0.2) is 43.7 Å². The largest absolute Gasteiger partial charge is 0.487 e. The number of sulfonamides is 1. The van der Waals surface area contributed by atoms with Gasteiger partial charge in [-0.1, -0.05) is 41.4 Å². The Balaban J connectivity index is 0.000000392. The Bertz CT molecular complexity index is 2360. The van der Waals surface area contributed by atoms with Gasteiger partial charge < -0.3 is 19.8 Å². The summed E-state index contributed by atoms with van der Waals surface area (Å²) in [6.45, 7) is 2.61. The Hall–Kier alpha value is -4.90. The molecular weight excluding hydrogens is 721 g/mol. The third-order valence-electron chi connectivity index (χ3n) is 7.24. The van der Waals surface area contributed by atoms with Crippen molar-refractivity contribution < 1.29 is 34.9 Å². The number of hydrogen-bond acceptors (Lipinski definition) is 10. The number of fused-ring (bicyclic) bond motifs is 1. The molecule has 266 valence electrons. The highest BCUT2D eigenvalue weighted by atomic mass is 35.5. The second-order valence-electron chi connectivity index (χ2n) is 11.2. The van der Waals surface area contributed by atoms with Crippen LogP contribution in [0.1, 0.15) is 16.9 Å². The maximum atomic E-state index is 13.4. The zero-order valence-electron chi connectivity index (χ0n) is 27.1. The second-order valence-corrected chi connectivity index (χ2v) is 14.8. The summed E-state index contributed by atoms with van der Waals surface area (Å²) in [4.78, 5) is 8.71. The third-order valence-corrected chi connectivity index (χ3v) is 9.18. The number of nitrogens with two attached hydrogens (primary N) is 1. The van der Waals surface area contributed by atoms with E-state index in [2.05, 4.69) is 20.6 Å². The molecule has 6 aromatic rings. The van der Waals surface area contributed by atoms with Crippen molar-refractivity contribution in [3.8, 4) is 17.1 Å². The topological polar surface area (TPSA) is 187 Å². The van der Waals surface area contributed by atoms with Gasteiger partial charge in [0.2, 0.25) is 10.0 Å². The van der Waals surface area contributed by atoms with E-state index in [1.807, 2.05) is 43.3 Å². The van der Waals surface area contributed by atoms with E-state index in [0.717, 1.165) is 22.0 Å². The fourth-order valence-electron chi connectivity index (χ4n) is 4.69. The Morgan fingerprint density at radius 2 is 1.73 bits per heavy atom. The average Bonchev–Trinajstić information content (AvgIpc) is 3.55. The molecule has 2 heterocycles. The molecule has 0 bridgehead atoms. The van der Waals surface area contributed by atoms with Crippen molar-refractivity contribution in [2.75, 3.05) is 17.6 Å². The van der Waals surface area contributed by atoms with E-state index in [1.165, 1.54) is 30.6 Å². The molecule has 4 aromatic carbocycles. The quantitative estimate of drug-likeness (QED) is 0.0777. The first-order chi connectivity index (χ1) is 24.2. The fraction of sp³-hybridized carbons (Fsp3) is 0.143. The maximum absolute atomic E-state index is 13.4. The molecule has 0 saturated heterocycles. The first-order valence-electron chi connectivity index (χ1n) is 15.3. The summed E-state index contributed by atoms with van der Waals surface area (Å²) in [5.41, 5.74) is 3.90. The number of anilines is 2. The standard InChI is InChI=1S/C28H25ClFN5O4S.C7H8O3S/c29-24-14-21(5-8-27(24)38-16-18-2-1-3-20(30)12-18)35-28-23-13-19(4-7-25(23)33-17-34-28)26-9-6-22(39-26)15-32-10-11-40(31,36)37;1-6-2-4-7(5-3-6)11(8,9)10/h1-9,12-14,17,32H,10-11,15-16H2,(H2,31,36,37)(H,33,34,35);2-5H,1H3,(H,8,9,10). The Morgan fingerprint density at radius 1 is 0.941 bits per heavy atom. The van der Waals surface area contributed by atoms with Gasteiger partial charge in [-0.2, -0.15) is 8.42 Å². The van der Waals surface area contributed by atoms with Crippen molar-refractivity contribution in [3.63, 3.8) is 0 Å². The van der Waals surface area contributed by atoms with Gasteiger partial charge in [0.25, 0.3) is 10.1 Å². The minimum Gasteiger partial charge on any atom is -0.487 e. The molecule has 6 rings (SSSR count). The number of nitrogens with zero attached hydrogens (tertiary/aromatic N) is 2. The van der Waals surface area contributed by atoms with Gasteiger partial charge in [-0.25, -0.2) is 27.9 Å². The summed E-state index contributed by atoms with van der Waals surface area (Å²) >= 11 is 6.46. The maximum Gasteiger partial charge on any atom is 0.294 e. The van der Waals surface area contributed by atoms with E-state index in [1.54, 1.807) is 36.4 Å². The number of benzene rings is 4. The van der Waals surface area contributed by atoms with E-state index >= 15 is 0 Å². The number of furan rings is 1. The number of rotatable bonds is 12. The first kappa shape index (κ1) is 37.4. The molecule has 0 amide bonds. The van der Waals surface area contributed by atoms with Crippen LogP contribution in [0.4, 0.5) is 15.9 Å². The molecule has 51 heavy (non-hydrogen) atoms. The van der Waals surface area contributed by atoms with Crippen LogP contribution in [0.5, 0.6) is 5.75 Å². The smallest absolute Gasteiger partial charge is 0.294 e. The molecule has 2 aromatic heterocycles. The van der Waals surface area contributed by atoms with Gasteiger partial charge in [-0.05, 0) is 85.3 Å². The summed E-state index contributed by atoms with van der Waals surface area (Å²) in [5, 5.41) is 12.5. The van der Waals surface area contributed by atoms with Gasteiger partial charge in [0, 0.05) is 23.2 Å². The highest BCUT2D eigenvalue weighted by molar-refractivity contribution is 7.89. The second kappa shape index (κ2) is 16.4. The van der Waals surface area contributed by atoms with Crippen LogP contribution in [0, 0.1) is 12.7 Å². The van der Waals surface area contributed by atoms with E-state index < -0.39 is 20.1 Å². The SMILES string of the molecule is Cc1ccc(S(=O)(=O)O)cc1.NS(=O)(=O)CCNCc1ccc(-c2ccc3ncnc(Nc4ccc(OCc5cccc(F)c5)c(Cl)c4)c3c2)o1. The Labute approximate surface area is 299 Å². The molecule has 0 spiro atoms. The van der Waals surface area contributed by atoms with Gasteiger partial charge in [-0.15, -0.1) is 0 Å². The van der Waals surface area contributed by atoms with Crippen molar-refractivity contribution in [1.29, 1.82) is 0 Å². The van der Waals surface area contributed by atoms with Gasteiger partial charge in [0.15, 0.2) is 0 Å². The number of primary sulfonamides is 1. The van der Waals surface area contributed by atoms with Crippen LogP contribution in [0.25, 0.3) is 22.2 Å². The van der Waals surface area contributed by atoms with Gasteiger partial charge in [0.05, 0.1) is 27.7 Å². The highest BCUT2D eigenvalue weighted by Gasteiger charge is 2.12. The molecule has 0 aliphatic carbocycles. The molecule has 0 saturated carbocycles. The summed E-state index contributed by atoms with van der Waals surface area (Å²) < 4.78 is 76.8. The number of halogens is 2. The van der Waals surface area contributed by atoms with E-state index in [0.29, 0.717) is 45.9 Å². The van der Waals surface area contributed by atoms with Crippen molar-refractivity contribution in [1.82, 2.24) is 15.3 Å². The normalized spacial score (nSPS) is 11.5. The van der Waals surface area contributed by atoms with Crippen molar-refractivity contribution in [3.05, 3.63) is 131 Å². The minimum absolute atomic E-state index is 0.0666. The van der Waals surface area contributed by atoms with Crippen molar-refractivity contribution in [2.24, 2.45) is 5.14 Å². The number of aryl methyl sites for hydroxylation is 1. The van der Waals surface area contributed by atoms with Crippen LogP contribution in [0.3, 0.4) is 0 Å².